The third-order valence-electron chi connectivity index (χ3n) is 2.81. The molecule has 0 fully saturated rings. The Kier molecular flexibility index (Phi) is 3.34. The molecule has 2 heteroatoms. The third kappa shape index (κ3) is 2.70. The molecular weight excluding hydrogens is 222 g/mol. The first-order valence-corrected chi connectivity index (χ1v) is 5.86. The molecule has 0 bridgehead atoms. The van der Waals surface area contributed by atoms with Crippen LogP contribution in [0.15, 0.2) is 54.6 Å². The summed E-state index contributed by atoms with van der Waals surface area (Å²) in [6.45, 7) is 3.79. The Labute approximate surface area is 107 Å². The van der Waals surface area contributed by atoms with Crippen LogP contribution in [0.3, 0.4) is 0 Å². The molecule has 0 atom stereocenters. The maximum Gasteiger partial charge on any atom is 0.127 e. The van der Waals surface area contributed by atoms with Crippen LogP contribution in [0.25, 0.3) is 0 Å². The quantitative estimate of drug-likeness (QED) is 0.798. The standard InChI is InChI=1S/C16H15NO/c1-16(2,12-17)13-7-6-10-15(11-13)18-14-8-4-3-5-9-14/h3-11H,1-2H3. The predicted molar refractivity (Wildman–Crippen MR) is 71.6 cm³/mol. The largest absolute Gasteiger partial charge is 0.457 e. The van der Waals surface area contributed by atoms with E-state index in [-0.39, 0.29) is 0 Å². The number of hydrogen-bond donors (Lipinski definition) is 0. The number of nitrogens with zero attached hydrogens (tertiary/aromatic N) is 1. The summed E-state index contributed by atoms with van der Waals surface area (Å²) in [7, 11) is 0. The molecule has 0 saturated heterocycles. The molecule has 0 amide bonds. The van der Waals surface area contributed by atoms with Crippen molar-refractivity contribution in [1.82, 2.24) is 0 Å². The molecule has 2 aromatic carbocycles. The van der Waals surface area contributed by atoms with Gasteiger partial charge in [0.1, 0.15) is 11.5 Å². The molecule has 0 radical (unpaired) electrons. The van der Waals surface area contributed by atoms with Crippen LogP contribution in [0.4, 0.5) is 0 Å². The Balaban J connectivity index is 2.27. The van der Waals surface area contributed by atoms with Crippen molar-refractivity contribution < 1.29 is 4.74 Å². The van der Waals surface area contributed by atoms with Crippen LogP contribution >= 0.6 is 0 Å². The van der Waals surface area contributed by atoms with Gasteiger partial charge in [0, 0.05) is 0 Å². The molecule has 2 nitrogen and oxygen atoms in total. The number of ether oxygens (including phenoxy) is 1. The number of nitriles is 1. The lowest BCUT2D eigenvalue weighted by Crippen LogP contribution is -2.13. The van der Waals surface area contributed by atoms with Crippen LogP contribution in [0.1, 0.15) is 19.4 Å². The van der Waals surface area contributed by atoms with Crippen LogP contribution < -0.4 is 4.74 Å². The van der Waals surface area contributed by atoms with Crippen molar-refractivity contribution in [2.45, 2.75) is 19.3 Å². The van der Waals surface area contributed by atoms with E-state index in [9.17, 15) is 0 Å². The van der Waals surface area contributed by atoms with E-state index in [4.69, 9.17) is 10.00 Å². The molecule has 0 aliphatic carbocycles. The van der Waals surface area contributed by atoms with Crippen LogP contribution in [-0.4, -0.2) is 0 Å². The van der Waals surface area contributed by atoms with Crippen molar-refractivity contribution >= 4 is 0 Å². The van der Waals surface area contributed by atoms with Gasteiger partial charge in [0.15, 0.2) is 0 Å². The van der Waals surface area contributed by atoms with Crippen molar-refractivity contribution in [3.63, 3.8) is 0 Å². The van der Waals surface area contributed by atoms with Crippen molar-refractivity contribution in [3.8, 4) is 17.6 Å². The van der Waals surface area contributed by atoms with Crippen LogP contribution in [0, 0.1) is 11.3 Å². The fourth-order valence-corrected chi connectivity index (χ4v) is 1.64. The normalized spacial score (nSPS) is 10.7. The average molecular weight is 237 g/mol. The summed E-state index contributed by atoms with van der Waals surface area (Å²) >= 11 is 0. The van der Waals surface area contributed by atoms with Gasteiger partial charge in [-0.15, -0.1) is 0 Å². The minimum absolute atomic E-state index is 0.504. The lowest BCUT2D eigenvalue weighted by molar-refractivity contribution is 0.480. The molecule has 90 valence electrons. The Bertz CT molecular complexity index is 567. The molecule has 0 saturated carbocycles. The maximum atomic E-state index is 9.14. The van der Waals surface area contributed by atoms with E-state index in [0.717, 1.165) is 17.1 Å². The summed E-state index contributed by atoms with van der Waals surface area (Å²) in [5.74, 6) is 1.55. The van der Waals surface area contributed by atoms with Gasteiger partial charge in [-0.1, -0.05) is 30.3 Å². The van der Waals surface area contributed by atoms with Crippen LogP contribution in [-0.2, 0) is 5.41 Å². The molecule has 2 rings (SSSR count). The lowest BCUT2D eigenvalue weighted by Gasteiger charge is -2.16. The fraction of sp³-hybridized carbons (Fsp3) is 0.188. The average Bonchev–Trinajstić information content (AvgIpc) is 2.40. The second-order valence-corrected chi connectivity index (χ2v) is 4.68. The van der Waals surface area contributed by atoms with Crippen LogP contribution in [0.5, 0.6) is 11.5 Å². The van der Waals surface area contributed by atoms with E-state index in [1.54, 1.807) is 0 Å². The topological polar surface area (TPSA) is 33.0 Å². The summed E-state index contributed by atoms with van der Waals surface area (Å²) in [5.41, 5.74) is 0.453. The summed E-state index contributed by atoms with van der Waals surface area (Å²) in [5, 5.41) is 9.14. The highest BCUT2D eigenvalue weighted by atomic mass is 16.5. The second-order valence-electron chi connectivity index (χ2n) is 4.68. The zero-order valence-electron chi connectivity index (χ0n) is 10.6. The monoisotopic (exact) mass is 237 g/mol. The molecule has 0 unspecified atom stereocenters. The first kappa shape index (κ1) is 12.2. The van der Waals surface area contributed by atoms with Gasteiger partial charge >= 0.3 is 0 Å². The summed E-state index contributed by atoms with van der Waals surface area (Å²) in [6, 6.07) is 19.6. The summed E-state index contributed by atoms with van der Waals surface area (Å²) < 4.78 is 5.75. The van der Waals surface area contributed by atoms with E-state index >= 15 is 0 Å². The maximum absolute atomic E-state index is 9.14. The van der Waals surface area contributed by atoms with Crippen LogP contribution in [0.2, 0.25) is 0 Å². The van der Waals surface area contributed by atoms with Gasteiger partial charge in [0.25, 0.3) is 0 Å². The predicted octanol–water partition coefficient (Wildman–Crippen LogP) is 4.28. The highest BCUT2D eigenvalue weighted by Crippen LogP contribution is 2.28. The number of para-hydroxylation sites is 1. The Hall–Kier alpha value is -2.27. The fourth-order valence-electron chi connectivity index (χ4n) is 1.64. The number of rotatable bonds is 3. The first-order chi connectivity index (χ1) is 8.62. The highest BCUT2D eigenvalue weighted by molar-refractivity contribution is 5.39. The van der Waals surface area contributed by atoms with E-state index < -0.39 is 5.41 Å². The van der Waals surface area contributed by atoms with Gasteiger partial charge < -0.3 is 4.74 Å². The summed E-state index contributed by atoms with van der Waals surface area (Å²) in [6.07, 6.45) is 0. The molecule has 2 aromatic rings. The number of benzene rings is 2. The van der Waals surface area contributed by atoms with Crippen molar-refractivity contribution in [1.29, 1.82) is 5.26 Å². The van der Waals surface area contributed by atoms with E-state index in [2.05, 4.69) is 6.07 Å². The molecule has 0 aliphatic heterocycles. The van der Waals surface area contributed by atoms with Crippen molar-refractivity contribution in [2.24, 2.45) is 0 Å². The minimum Gasteiger partial charge on any atom is -0.457 e. The lowest BCUT2D eigenvalue weighted by atomic mass is 9.86. The van der Waals surface area contributed by atoms with Gasteiger partial charge in [0.05, 0.1) is 11.5 Å². The highest BCUT2D eigenvalue weighted by Gasteiger charge is 2.19. The minimum atomic E-state index is -0.504. The van der Waals surface area contributed by atoms with Gasteiger partial charge in [-0.2, -0.15) is 5.26 Å². The van der Waals surface area contributed by atoms with Gasteiger partial charge in [-0.05, 0) is 43.7 Å². The molecule has 0 aromatic heterocycles. The van der Waals surface area contributed by atoms with Gasteiger partial charge in [-0.3, -0.25) is 0 Å². The molecule has 0 spiro atoms. The Morgan fingerprint density at radius 2 is 1.61 bits per heavy atom. The molecule has 0 heterocycles. The number of hydrogen-bond acceptors (Lipinski definition) is 2. The van der Waals surface area contributed by atoms with E-state index in [0.29, 0.717) is 0 Å². The van der Waals surface area contributed by atoms with E-state index in [1.807, 2.05) is 68.4 Å². The molecule has 0 N–H and O–H groups in total. The summed E-state index contributed by atoms with van der Waals surface area (Å²) in [4.78, 5) is 0. The van der Waals surface area contributed by atoms with Gasteiger partial charge in [0.2, 0.25) is 0 Å². The van der Waals surface area contributed by atoms with E-state index in [1.165, 1.54) is 0 Å². The van der Waals surface area contributed by atoms with Crippen molar-refractivity contribution in [3.05, 3.63) is 60.2 Å². The zero-order chi connectivity index (χ0) is 13.0. The molecular formula is C16H15NO. The van der Waals surface area contributed by atoms with Crippen molar-refractivity contribution in [2.75, 3.05) is 0 Å². The Morgan fingerprint density at radius 1 is 0.944 bits per heavy atom. The zero-order valence-corrected chi connectivity index (χ0v) is 10.6. The molecule has 18 heavy (non-hydrogen) atoms. The molecule has 0 aliphatic rings. The third-order valence-corrected chi connectivity index (χ3v) is 2.81. The second kappa shape index (κ2) is 4.93. The Morgan fingerprint density at radius 3 is 2.28 bits per heavy atom. The first-order valence-electron chi connectivity index (χ1n) is 5.86. The smallest absolute Gasteiger partial charge is 0.127 e. The SMILES string of the molecule is CC(C)(C#N)c1cccc(Oc2ccccc2)c1. The van der Waals surface area contributed by atoms with Gasteiger partial charge in [-0.25, -0.2) is 0 Å².